The Balaban J connectivity index is 2.08. The first kappa shape index (κ1) is 9.63. The molecule has 3 unspecified atom stereocenters. The van der Waals surface area contributed by atoms with Crippen LogP contribution in [0.25, 0.3) is 0 Å². The highest BCUT2D eigenvalue weighted by Gasteiger charge is 2.63. The fourth-order valence-electron chi connectivity index (χ4n) is 3.95. The zero-order valence-electron chi connectivity index (χ0n) is 8.77. The zero-order chi connectivity index (χ0) is 10.8. The van der Waals surface area contributed by atoms with Crippen molar-refractivity contribution in [1.29, 1.82) is 0 Å². The molecule has 2 saturated carbocycles. The van der Waals surface area contributed by atoms with Crippen LogP contribution >= 0.6 is 0 Å². The van der Waals surface area contributed by atoms with Crippen LogP contribution in [0.2, 0.25) is 0 Å². The average Bonchev–Trinajstić information content (AvgIpc) is 2.63. The highest BCUT2D eigenvalue weighted by atomic mass is 32.2. The Morgan fingerprint density at radius 2 is 2.20 bits per heavy atom. The Hall–Kier alpha value is -0.580. The minimum atomic E-state index is -3.31. The van der Waals surface area contributed by atoms with Gasteiger partial charge in [-0.25, -0.2) is 12.7 Å². The number of amides is 1. The van der Waals surface area contributed by atoms with Gasteiger partial charge in [0, 0.05) is 12.3 Å². The van der Waals surface area contributed by atoms with Gasteiger partial charge in [0.05, 0.1) is 11.8 Å². The molecular formula is C10H15NO3S. The van der Waals surface area contributed by atoms with Crippen molar-refractivity contribution >= 4 is 15.9 Å². The van der Waals surface area contributed by atoms with E-state index in [2.05, 4.69) is 0 Å². The van der Waals surface area contributed by atoms with Crippen molar-refractivity contribution in [3.05, 3.63) is 0 Å². The first-order valence-corrected chi connectivity index (χ1v) is 7.08. The van der Waals surface area contributed by atoms with E-state index in [1.165, 1.54) is 11.2 Å². The van der Waals surface area contributed by atoms with Gasteiger partial charge in [-0.3, -0.25) is 4.79 Å². The molecule has 4 nitrogen and oxygen atoms in total. The monoisotopic (exact) mass is 229 g/mol. The van der Waals surface area contributed by atoms with Crippen molar-refractivity contribution < 1.29 is 13.2 Å². The zero-order valence-corrected chi connectivity index (χ0v) is 9.59. The average molecular weight is 229 g/mol. The Labute approximate surface area is 89.7 Å². The van der Waals surface area contributed by atoms with E-state index in [-0.39, 0.29) is 23.1 Å². The summed E-state index contributed by atoms with van der Waals surface area (Å²) in [6, 6.07) is -0.0150. The normalized spacial score (nSPS) is 45.8. The van der Waals surface area contributed by atoms with Gasteiger partial charge in [0.2, 0.25) is 15.9 Å². The predicted molar refractivity (Wildman–Crippen MR) is 54.5 cm³/mol. The molecule has 3 atom stereocenters. The molecular weight excluding hydrogens is 214 g/mol. The van der Waals surface area contributed by atoms with E-state index < -0.39 is 10.0 Å². The summed E-state index contributed by atoms with van der Waals surface area (Å²) in [6.45, 7) is 1.36. The maximum Gasteiger partial charge on any atom is 0.238 e. The highest BCUT2D eigenvalue weighted by molar-refractivity contribution is 7.90. The van der Waals surface area contributed by atoms with Crippen LogP contribution in [0.15, 0.2) is 0 Å². The molecule has 0 aromatic rings. The summed E-state index contributed by atoms with van der Waals surface area (Å²) in [5.74, 6) is 0.567. The van der Waals surface area contributed by atoms with E-state index in [1.54, 1.807) is 0 Å². The summed E-state index contributed by atoms with van der Waals surface area (Å²) in [5.41, 5.74) is -0.0742. The fourth-order valence-corrected chi connectivity index (χ4v) is 6.36. The van der Waals surface area contributed by atoms with Crippen molar-refractivity contribution in [3.8, 4) is 0 Å². The summed E-state index contributed by atoms with van der Waals surface area (Å²) in [6.07, 6.45) is 4.06. The lowest BCUT2D eigenvalue weighted by Gasteiger charge is -2.29. The standard InChI is InChI=1S/C10H15NO3S/c1-7(12)11-9-4-8-2-3-10(9,5-8)6-15(11,13)14/h8-9H,2-6H2,1H3. The van der Waals surface area contributed by atoms with Crippen LogP contribution in [0.1, 0.15) is 32.6 Å². The number of rotatable bonds is 0. The first-order chi connectivity index (χ1) is 6.95. The molecule has 0 radical (unpaired) electrons. The van der Waals surface area contributed by atoms with Gasteiger partial charge in [-0.15, -0.1) is 0 Å². The molecule has 2 bridgehead atoms. The number of sulfonamides is 1. The van der Waals surface area contributed by atoms with Gasteiger partial charge in [0.25, 0.3) is 0 Å². The molecule has 1 spiro atoms. The van der Waals surface area contributed by atoms with Crippen molar-refractivity contribution in [1.82, 2.24) is 4.31 Å². The van der Waals surface area contributed by atoms with Crippen molar-refractivity contribution in [3.63, 3.8) is 0 Å². The van der Waals surface area contributed by atoms with Gasteiger partial charge >= 0.3 is 0 Å². The topological polar surface area (TPSA) is 54.5 Å². The van der Waals surface area contributed by atoms with Gasteiger partial charge in [-0.2, -0.15) is 0 Å². The van der Waals surface area contributed by atoms with E-state index >= 15 is 0 Å². The van der Waals surface area contributed by atoms with Crippen LogP contribution in [0.4, 0.5) is 0 Å². The lowest BCUT2D eigenvalue weighted by Crippen LogP contribution is -2.40. The number of fused-ring (bicyclic) bond motifs is 1. The molecule has 1 aliphatic heterocycles. The highest BCUT2D eigenvalue weighted by Crippen LogP contribution is 2.60. The lowest BCUT2D eigenvalue weighted by atomic mass is 9.82. The van der Waals surface area contributed by atoms with E-state index in [1.807, 2.05) is 0 Å². The third-order valence-corrected chi connectivity index (χ3v) is 6.42. The molecule has 15 heavy (non-hydrogen) atoms. The van der Waals surface area contributed by atoms with Crippen molar-refractivity contribution in [2.45, 2.75) is 38.6 Å². The number of hydrogen-bond acceptors (Lipinski definition) is 3. The summed E-state index contributed by atoms with van der Waals surface area (Å²) >= 11 is 0. The molecule has 0 N–H and O–H groups in total. The maximum atomic E-state index is 11.9. The van der Waals surface area contributed by atoms with E-state index in [9.17, 15) is 13.2 Å². The summed E-state index contributed by atoms with van der Waals surface area (Å²) in [4.78, 5) is 11.4. The smallest absolute Gasteiger partial charge is 0.238 e. The molecule has 3 aliphatic rings. The van der Waals surface area contributed by atoms with Crippen LogP contribution in [-0.2, 0) is 14.8 Å². The first-order valence-electron chi connectivity index (χ1n) is 5.47. The summed E-state index contributed by atoms with van der Waals surface area (Å²) < 4.78 is 25.0. The SMILES string of the molecule is CC(=O)N1C2CC3CCC2(C3)CS1(=O)=O. The molecule has 1 saturated heterocycles. The predicted octanol–water partition coefficient (Wildman–Crippen LogP) is 0.737. The second kappa shape index (κ2) is 2.56. The number of carbonyl (C=O) groups excluding carboxylic acids is 1. The molecule has 3 rings (SSSR count). The molecule has 5 heteroatoms. The minimum absolute atomic E-state index is 0.0150. The van der Waals surface area contributed by atoms with E-state index in [4.69, 9.17) is 0 Å². The Bertz CT molecular complexity index is 430. The Kier molecular flexibility index (Phi) is 1.65. The quantitative estimate of drug-likeness (QED) is 0.615. The van der Waals surface area contributed by atoms with Crippen LogP contribution < -0.4 is 0 Å². The third-order valence-electron chi connectivity index (χ3n) is 4.37. The van der Waals surface area contributed by atoms with Gasteiger partial charge in [-0.05, 0) is 31.6 Å². The van der Waals surface area contributed by atoms with Gasteiger partial charge in [-0.1, -0.05) is 0 Å². The van der Waals surface area contributed by atoms with E-state index in [0.717, 1.165) is 25.7 Å². The molecule has 1 heterocycles. The minimum Gasteiger partial charge on any atom is -0.274 e. The second-order valence-corrected chi connectivity index (χ2v) is 7.14. The van der Waals surface area contributed by atoms with E-state index in [0.29, 0.717) is 5.92 Å². The lowest BCUT2D eigenvalue weighted by molar-refractivity contribution is -0.126. The van der Waals surface area contributed by atoms with Gasteiger partial charge in [0.15, 0.2) is 0 Å². The number of nitrogens with zero attached hydrogens (tertiary/aromatic N) is 1. The van der Waals surface area contributed by atoms with Gasteiger partial charge < -0.3 is 0 Å². The van der Waals surface area contributed by atoms with Crippen LogP contribution in [0.5, 0.6) is 0 Å². The molecule has 0 aromatic carbocycles. The summed E-state index contributed by atoms with van der Waals surface area (Å²) in [7, 11) is -3.31. The van der Waals surface area contributed by atoms with Crippen molar-refractivity contribution in [2.24, 2.45) is 11.3 Å². The number of carbonyl (C=O) groups is 1. The maximum absolute atomic E-state index is 11.9. The van der Waals surface area contributed by atoms with Crippen molar-refractivity contribution in [2.75, 3.05) is 5.75 Å². The molecule has 2 aliphatic carbocycles. The fraction of sp³-hybridized carbons (Fsp3) is 0.900. The molecule has 84 valence electrons. The molecule has 3 fully saturated rings. The Morgan fingerprint density at radius 3 is 2.80 bits per heavy atom. The molecule has 0 aromatic heterocycles. The third kappa shape index (κ3) is 1.07. The second-order valence-electron chi connectivity index (χ2n) is 5.29. The van der Waals surface area contributed by atoms with Crippen LogP contribution in [0.3, 0.4) is 0 Å². The van der Waals surface area contributed by atoms with Crippen LogP contribution in [0, 0.1) is 11.3 Å². The summed E-state index contributed by atoms with van der Waals surface area (Å²) in [5, 5.41) is 0. The van der Waals surface area contributed by atoms with Crippen LogP contribution in [-0.4, -0.2) is 30.4 Å². The number of hydrogen-bond donors (Lipinski definition) is 0. The Morgan fingerprint density at radius 1 is 1.47 bits per heavy atom. The largest absolute Gasteiger partial charge is 0.274 e. The van der Waals surface area contributed by atoms with Gasteiger partial charge in [0.1, 0.15) is 0 Å². The molecule has 1 amide bonds.